The number of hydrogen-bond donors (Lipinski definition) is 2. The Morgan fingerprint density at radius 2 is 2.08 bits per heavy atom. The van der Waals surface area contributed by atoms with E-state index >= 15 is 0 Å². The van der Waals surface area contributed by atoms with Crippen molar-refractivity contribution in [1.82, 2.24) is 24.8 Å². The first-order chi connectivity index (χ1) is 17.4. The van der Waals surface area contributed by atoms with Crippen molar-refractivity contribution in [2.24, 2.45) is 0 Å². The molecule has 0 unspecified atom stereocenters. The number of pyridine rings is 1. The Bertz CT molecular complexity index is 1280. The molecule has 188 valence electrons. The first-order valence-corrected chi connectivity index (χ1v) is 13.4. The van der Waals surface area contributed by atoms with E-state index in [4.69, 9.17) is 16.6 Å². The summed E-state index contributed by atoms with van der Waals surface area (Å²) in [4.78, 5) is 31.0. The summed E-state index contributed by atoms with van der Waals surface area (Å²) in [7, 11) is 0. The number of likely N-dealkylation sites (tertiary alicyclic amines) is 1. The smallest absolute Gasteiger partial charge is 0.254 e. The molecule has 1 fully saturated rings. The maximum Gasteiger partial charge on any atom is 0.254 e. The molecule has 2 atom stereocenters. The van der Waals surface area contributed by atoms with Gasteiger partial charge in [0.1, 0.15) is 11.6 Å². The number of piperidine rings is 1. The Balaban J connectivity index is 1.21. The third-order valence-corrected chi connectivity index (χ3v) is 7.40. The van der Waals surface area contributed by atoms with Crippen molar-refractivity contribution >= 4 is 46.9 Å². The molecular weight excluding hydrogens is 501 g/mol. The highest BCUT2D eigenvalue weighted by Crippen LogP contribution is 2.31. The van der Waals surface area contributed by atoms with Gasteiger partial charge in [-0.05, 0) is 50.1 Å². The molecule has 8 nitrogen and oxygen atoms in total. The number of nitrogens with zero attached hydrogens (tertiary/aromatic N) is 5. The number of halogens is 2. The Morgan fingerprint density at radius 3 is 2.86 bits per heavy atom. The molecule has 1 amide bonds. The van der Waals surface area contributed by atoms with Crippen LogP contribution in [0.2, 0.25) is 5.02 Å². The van der Waals surface area contributed by atoms with Gasteiger partial charge in [0.05, 0.1) is 10.7 Å². The van der Waals surface area contributed by atoms with Gasteiger partial charge < -0.3 is 14.9 Å². The molecule has 1 saturated heterocycles. The van der Waals surface area contributed by atoms with Crippen molar-refractivity contribution in [3.05, 3.63) is 70.4 Å². The predicted octanol–water partition coefficient (Wildman–Crippen LogP) is 5.11. The first kappa shape index (κ1) is 24.7. The Labute approximate surface area is 218 Å². The van der Waals surface area contributed by atoms with Gasteiger partial charge in [-0.3, -0.25) is 9.69 Å². The van der Waals surface area contributed by atoms with Crippen LogP contribution in [-0.2, 0) is 13.1 Å². The van der Waals surface area contributed by atoms with E-state index in [0.29, 0.717) is 35.6 Å². The number of aromatic nitrogens is 3. The van der Waals surface area contributed by atoms with Crippen molar-refractivity contribution < 1.29 is 9.18 Å². The lowest BCUT2D eigenvalue weighted by Crippen LogP contribution is -2.50. The molecule has 36 heavy (non-hydrogen) atoms. The molecule has 0 radical (unpaired) electrons. The number of benzene rings is 1. The van der Waals surface area contributed by atoms with E-state index < -0.39 is 5.82 Å². The highest BCUT2D eigenvalue weighted by Gasteiger charge is 2.35. The fourth-order valence-corrected chi connectivity index (χ4v) is 5.37. The number of nitrogens with one attached hydrogen (secondary N) is 2. The van der Waals surface area contributed by atoms with Crippen LogP contribution in [-0.4, -0.2) is 55.5 Å². The quantitative estimate of drug-likeness (QED) is 0.428. The SMILES string of the molecule is CSNc1cc(C(=O)N2CC[C@@H](N3Cc4cnc(Nc5ccc(F)c(Cl)c5)nc4C3)C[C@H]2C)ccn1. The molecule has 0 spiro atoms. The van der Waals surface area contributed by atoms with Gasteiger partial charge in [-0.15, -0.1) is 0 Å². The second-order valence-electron chi connectivity index (χ2n) is 9.09. The zero-order valence-electron chi connectivity index (χ0n) is 20.0. The molecule has 11 heteroatoms. The second-order valence-corrected chi connectivity index (χ2v) is 10.1. The summed E-state index contributed by atoms with van der Waals surface area (Å²) >= 11 is 7.33. The minimum atomic E-state index is -0.465. The zero-order chi connectivity index (χ0) is 25.2. The van der Waals surface area contributed by atoms with Crippen LogP contribution in [0.15, 0.2) is 42.7 Å². The van der Waals surface area contributed by atoms with Gasteiger partial charge in [-0.2, -0.15) is 0 Å². The van der Waals surface area contributed by atoms with Gasteiger partial charge in [0.15, 0.2) is 0 Å². The molecule has 0 aliphatic carbocycles. The van der Waals surface area contributed by atoms with E-state index in [9.17, 15) is 9.18 Å². The van der Waals surface area contributed by atoms with Gasteiger partial charge in [0.25, 0.3) is 5.91 Å². The number of anilines is 3. The molecule has 2 aliphatic rings. The van der Waals surface area contributed by atoms with Gasteiger partial charge >= 0.3 is 0 Å². The average molecular weight is 528 g/mol. The standard InChI is InChI=1S/C25H27ClFN7OS/c1-15-9-19(6-8-34(15)24(35)16-5-7-28-23(10-16)32-36-2)33-13-17-12-29-25(31-22(17)14-33)30-18-3-4-21(27)20(26)11-18/h3-5,7,10-12,15,19H,6,8-9,13-14H2,1-2H3,(H,28,32)(H,29,30,31)/t15-,19-/m1/s1. The van der Waals surface area contributed by atoms with Crippen LogP contribution in [0.5, 0.6) is 0 Å². The largest absolute Gasteiger partial charge is 0.336 e. The van der Waals surface area contributed by atoms with Crippen molar-refractivity contribution in [2.45, 2.75) is 44.9 Å². The number of hydrogen-bond acceptors (Lipinski definition) is 8. The fourth-order valence-electron chi connectivity index (χ4n) is 4.87. The summed E-state index contributed by atoms with van der Waals surface area (Å²) in [6.07, 6.45) is 7.23. The minimum Gasteiger partial charge on any atom is -0.336 e. The number of rotatable bonds is 6. The summed E-state index contributed by atoms with van der Waals surface area (Å²) < 4.78 is 16.5. The van der Waals surface area contributed by atoms with Gasteiger partial charge in [0, 0.05) is 67.2 Å². The van der Waals surface area contributed by atoms with Gasteiger partial charge in [-0.1, -0.05) is 23.5 Å². The molecule has 5 rings (SSSR count). The molecule has 2 aromatic heterocycles. The van der Waals surface area contributed by atoms with Crippen LogP contribution in [0.25, 0.3) is 0 Å². The molecule has 2 aliphatic heterocycles. The lowest BCUT2D eigenvalue weighted by Gasteiger charge is -2.41. The summed E-state index contributed by atoms with van der Waals surface area (Å²) in [5.74, 6) is 0.718. The fraction of sp³-hybridized carbons (Fsp3) is 0.360. The third kappa shape index (κ3) is 5.25. The Morgan fingerprint density at radius 1 is 1.22 bits per heavy atom. The zero-order valence-corrected chi connectivity index (χ0v) is 21.6. The first-order valence-electron chi connectivity index (χ1n) is 11.8. The molecular formula is C25H27ClFN7OS. The van der Waals surface area contributed by atoms with E-state index in [1.807, 2.05) is 17.4 Å². The molecule has 1 aromatic carbocycles. The summed E-state index contributed by atoms with van der Waals surface area (Å²) in [5, 5.41) is 3.15. The molecule has 3 aromatic rings. The van der Waals surface area contributed by atoms with Crippen molar-refractivity contribution in [3.63, 3.8) is 0 Å². The normalized spacial score (nSPS) is 19.7. The number of carbonyl (C=O) groups is 1. The maximum atomic E-state index is 13.4. The van der Waals surface area contributed by atoms with Crippen molar-refractivity contribution in [3.8, 4) is 0 Å². The average Bonchev–Trinajstić information content (AvgIpc) is 3.30. The molecule has 4 heterocycles. The maximum absolute atomic E-state index is 13.4. The van der Waals surface area contributed by atoms with E-state index in [1.54, 1.807) is 24.4 Å². The minimum absolute atomic E-state index is 0.0414. The molecule has 0 saturated carbocycles. The van der Waals surface area contributed by atoms with E-state index in [-0.39, 0.29) is 17.0 Å². The molecule has 2 N–H and O–H groups in total. The highest BCUT2D eigenvalue weighted by atomic mass is 35.5. The number of fused-ring (bicyclic) bond motifs is 1. The van der Waals surface area contributed by atoms with E-state index in [2.05, 4.69) is 31.8 Å². The third-order valence-electron chi connectivity index (χ3n) is 6.70. The highest BCUT2D eigenvalue weighted by molar-refractivity contribution is 7.99. The van der Waals surface area contributed by atoms with Crippen molar-refractivity contribution in [1.29, 1.82) is 0 Å². The predicted molar refractivity (Wildman–Crippen MR) is 141 cm³/mol. The van der Waals surface area contributed by atoms with Crippen LogP contribution < -0.4 is 10.0 Å². The van der Waals surface area contributed by atoms with Gasteiger partial charge in [0.2, 0.25) is 5.95 Å². The summed E-state index contributed by atoms with van der Waals surface area (Å²) in [6.45, 7) is 4.34. The lowest BCUT2D eigenvalue weighted by molar-refractivity contribution is 0.0460. The van der Waals surface area contributed by atoms with Crippen molar-refractivity contribution in [2.75, 3.05) is 22.8 Å². The van der Waals surface area contributed by atoms with Gasteiger partial charge in [-0.25, -0.2) is 19.3 Å². The van der Waals surface area contributed by atoms with Crippen LogP contribution in [0.4, 0.5) is 21.8 Å². The van der Waals surface area contributed by atoms with Crippen LogP contribution in [0.3, 0.4) is 0 Å². The second kappa shape index (κ2) is 10.6. The topological polar surface area (TPSA) is 86.3 Å². The lowest BCUT2D eigenvalue weighted by atomic mass is 9.96. The number of amides is 1. The summed E-state index contributed by atoms with van der Waals surface area (Å²) in [5.41, 5.74) is 3.37. The monoisotopic (exact) mass is 527 g/mol. The Hall–Kier alpha value is -2.95. The van der Waals surface area contributed by atoms with E-state index in [1.165, 1.54) is 24.1 Å². The Kier molecular flexibility index (Phi) is 7.27. The van der Waals surface area contributed by atoms with Crippen LogP contribution >= 0.6 is 23.5 Å². The van der Waals surface area contributed by atoms with Crippen LogP contribution in [0.1, 0.15) is 41.4 Å². The van der Waals surface area contributed by atoms with Crippen LogP contribution in [0, 0.1) is 5.82 Å². The van der Waals surface area contributed by atoms with E-state index in [0.717, 1.165) is 37.2 Å². The summed E-state index contributed by atoms with van der Waals surface area (Å²) in [6, 6.07) is 8.49. The molecule has 0 bridgehead atoms. The number of carbonyl (C=O) groups excluding carboxylic acids is 1.